The predicted molar refractivity (Wildman–Crippen MR) is 69.3 cm³/mol. The van der Waals surface area contributed by atoms with Gasteiger partial charge in [-0.3, -0.25) is 14.4 Å². The molecule has 0 radical (unpaired) electrons. The first kappa shape index (κ1) is 17.4. The third kappa shape index (κ3) is 6.79. The van der Waals surface area contributed by atoms with E-state index in [4.69, 9.17) is 9.47 Å². The Bertz CT molecular complexity index is 332. The molecular formula is C13H23NO5. The second-order valence-corrected chi connectivity index (χ2v) is 4.94. The maximum atomic E-state index is 12.0. The van der Waals surface area contributed by atoms with Crippen LogP contribution in [-0.2, 0) is 23.9 Å². The summed E-state index contributed by atoms with van der Waals surface area (Å²) in [5, 5.41) is 0. The summed E-state index contributed by atoms with van der Waals surface area (Å²) in [7, 11) is 0. The molecule has 0 spiro atoms. The van der Waals surface area contributed by atoms with E-state index in [2.05, 4.69) is 0 Å². The van der Waals surface area contributed by atoms with Gasteiger partial charge >= 0.3 is 11.9 Å². The molecule has 0 aliphatic rings. The first-order valence-corrected chi connectivity index (χ1v) is 6.34. The van der Waals surface area contributed by atoms with E-state index < -0.39 is 23.4 Å². The molecule has 0 rings (SSSR count). The lowest BCUT2D eigenvalue weighted by Crippen LogP contribution is -2.49. The Labute approximate surface area is 114 Å². The van der Waals surface area contributed by atoms with Crippen LogP contribution in [0.15, 0.2) is 0 Å². The molecular weight excluding hydrogens is 250 g/mol. The van der Waals surface area contributed by atoms with Gasteiger partial charge < -0.3 is 14.4 Å². The average molecular weight is 273 g/mol. The molecule has 0 heterocycles. The zero-order chi connectivity index (χ0) is 15.1. The fourth-order valence-corrected chi connectivity index (χ4v) is 1.47. The van der Waals surface area contributed by atoms with Crippen molar-refractivity contribution in [1.82, 2.24) is 4.90 Å². The SMILES string of the molecule is CCOC(=O)CC(=O)N(CC(=O)OCC)C(C)(C)C. The molecule has 0 aromatic carbocycles. The van der Waals surface area contributed by atoms with Crippen molar-refractivity contribution in [2.45, 2.75) is 46.6 Å². The Kier molecular flexibility index (Phi) is 7.11. The van der Waals surface area contributed by atoms with Crippen LogP contribution < -0.4 is 0 Å². The highest BCUT2D eigenvalue weighted by atomic mass is 16.5. The molecule has 0 aromatic heterocycles. The number of ether oxygens (including phenoxy) is 2. The van der Waals surface area contributed by atoms with Crippen molar-refractivity contribution < 1.29 is 23.9 Å². The van der Waals surface area contributed by atoms with Crippen LogP contribution in [0.1, 0.15) is 41.0 Å². The van der Waals surface area contributed by atoms with Crippen LogP contribution in [0.5, 0.6) is 0 Å². The summed E-state index contributed by atoms with van der Waals surface area (Å²) in [4.78, 5) is 36.1. The maximum Gasteiger partial charge on any atom is 0.325 e. The van der Waals surface area contributed by atoms with Crippen LogP contribution in [0.25, 0.3) is 0 Å². The van der Waals surface area contributed by atoms with E-state index >= 15 is 0 Å². The summed E-state index contributed by atoms with van der Waals surface area (Å²) >= 11 is 0. The molecule has 0 N–H and O–H groups in total. The molecule has 0 bridgehead atoms. The molecule has 0 saturated heterocycles. The van der Waals surface area contributed by atoms with Gasteiger partial charge in [0, 0.05) is 5.54 Å². The third-order valence-electron chi connectivity index (χ3n) is 2.30. The van der Waals surface area contributed by atoms with E-state index in [1.165, 1.54) is 4.90 Å². The number of carbonyl (C=O) groups excluding carboxylic acids is 3. The summed E-state index contributed by atoms with van der Waals surface area (Å²) in [5.41, 5.74) is -0.573. The van der Waals surface area contributed by atoms with Gasteiger partial charge in [0.15, 0.2) is 0 Å². The minimum Gasteiger partial charge on any atom is -0.466 e. The van der Waals surface area contributed by atoms with Crippen molar-refractivity contribution in [2.24, 2.45) is 0 Å². The predicted octanol–water partition coefficient (Wildman–Crippen LogP) is 1.13. The molecule has 0 aromatic rings. The summed E-state index contributed by atoms with van der Waals surface area (Å²) < 4.78 is 9.55. The molecule has 0 saturated carbocycles. The van der Waals surface area contributed by atoms with E-state index in [9.17, 15) is 14.4 Å². The fourth-order valence-electron chi connectivity index (χ4n) is 1.47. The minimum atomic E-state index is -0.592. The van der Waals surface area contributed by atoms with Crippen LogP contribution in [0.2, 0.25) is 0 Å². The first-order valence-electron chi connectivity index (χ1n) is 6.34. The quantitative estimate of drug-likeness (QED) is 0.536. The van der Waals surface area contributed by atoms with E-state index in [1.807, 2.05) is 0 Å². The van der Waals surface area contributed by atoms with E-state index in [-0.39, 0.29) is 26.2 Å². The lowest BCUT2D eigenvalue weighted by atomic mass is 10.1. The van der Waals surface area contributed by atoms with Crippen molar-refractivity contribution in [3.8, 4) is 0 Å². The summed E-state index contributed by atoms with van der Waals surface area (Å²) in [6.07, 6.45) is -0.371. The van der Waals surface area contributed by atoms with Gasteiger partial charge in [-0.05, 0) is 34.6 Å². The monoisotopic (exact) mass is 273 g/mol. The Morgan fingerprint density at radius 3 is 1.84 bits per heavy atom. The van der Waals surface area contributed by atoms with Crippen LogP contribution in [0, 0.1) is 0 Å². The second-order valence-electron chi connectivity index (χ2n) is 4.94. The molecule has 19 heavy (non-hydrogen) atoms. The maximum absolute atomic E-state index is 12.0. The van der Waals surface area contributed by atoms with Crippen molar-refractivity contribution in [2.75, 3.05) is 19.8 Å². The summed E-state index contributed by atoms with van der Waals surface area (Å²) in [5.74, 6) is -1.53. The van der Waals surface area contributed by atoms with E-state index in [0.717, 1.165) is 0 Å². The van der Waals surface area contributed by atoms with Crippen LogP contribution in [0.4, 0.5) is 0 Å². The Hall–Kier alpha value is -1.59. The van der Waals surface area contributed by atoms with Crippen molar-refractivity contribution >= 4 is 17.8 Å². The topological polar surface area (TPSA) is 72.9 Å². The average Bonchev–Trinajstić information content (AvgIpc) is 2.24. The Balaban J connectivity index is 4.72. The number of hydrogen-bond donors (Lipinski definition) is 0. The first-order chi connectivity index (χ1) is 8.72. The highest BCUT2D eigenvalue weighted by Gasteiger charge is 2.30. The van der Waals surface area contributed by atoms with E-state index in [0.29, 0.717) is 0 Å². The molecule has 6 nitrogen and oxygen atoms in total. The molecule has 0 atom stereocenters. The van der Waals surface area contributed by atoms with Crippen LogP contribution in [-0.4, -0.2) is 48.0 Å². The van der Waals surface area contributed by atoms with E-state index in [1.54, 1.807) is 34.6 Å². The molecule has 6 heteroatoms. The highest BCUT2D eigenvalue weighted by molar-refractivity contribution is 5.95. The Morgan fingerprint density at radius 1 is 0.947 bits per heavy atom. The normalized spacial score (nSPS) is 10.8. The van der Waals surface area contributed by atoms with Crippen LogP contribution >= 0.6 is 0 Å². The lowest BCUT2D eigenvalue weighted by molar-refractivity contribution is -0.156. The standard InChI is InChI=1S/C13H23NO5/c1-6-18-11(16)8-10(15)14(13(3,4)5)9-12(17)19-7-2/h6-9H2,1-5H3. The number of esters is 2. The number of rotatable bonds is 6. The van der Waals surface area contributed by atoms with Gasteiger partial charge in [-0.2, -0.15) is 0 Å². The zero-order valence-corrected chi connectivity index (χ0v) is 12.3. The van der Waals surface area contributed by atoms with Gasteiger partial charge in [0.2, 0.25) is 5.91 Å². The molecule has 110 valence electrons. The minimum absolute atomic E-state index is 0.171. The van der Waals surface area contributed by atoms with Crippen molar-refractivity contribution in [3.05, 3.63) is 0 Å². The third-order valence-corrected chi connectivity index (χ3v) is 2.30. The molecule has 0 unspecified atom stereocenters. The van der Waals surface area contributed by atoms with Crippen molar-refractivity contribution in [1.29, 1.82) is 0 Å². The zero-order valence-electron chi connectivity index (χ0n) is 12.3. The van der Waals surface area contributed by atoms with Gasteiger partial charge in [-0.25, -0.2) is 0 Å². The highest BCUT2D eigenvalue weighted by Crippen LogP contribution is 2.15. The Morgan fingerprint density at radius 2 is 1.42 bits per heavy atom. The summed E-state index contributed by atoms with van der Waals surface area (Å²) in [6.45, 7) is 9.03. The molecule has 1 amide bonds. The van der Waals surface area contributed by atoms with Gasteiger partial charge in [-0.15, -0.1) is 0 Å². The number of hydrogen-bond acceptors (Lipinski definition) is 5. The number of carbonyl (C=O) groups is 3. The van der Waals surface area contributed by atoms with Crippen molar-refractivity contribution in [3.63, 3.8) is 0 Å². The smallest absolute Gasteiger partial charge is 0.325 e. The summed E-state index contributed by atoms with van der Waals surface area (Å²) in [6, 6.07) is 0. The lowest BCUT2D eigenvalue weighted by Gasteiger charge is -2.34. The number of nitrogens with zero attached hydrogens (tertiary/aromatic N) is 1. The number of amides is 1. The second kappa shape index (κ2) is 7.76. The molecule has 0 fully saturated rings. The van der Waals surface area contributed by atoms with Crippen LogP contribution in [0.3, 0.4) is 0 Å². The largest absolute Gasteiger partial charge is 0.466 e. The molecule has 0 aliphatic heterocycles. The molecule has 0 aliphatic carbocycles. The fraction of sp³-hybridized carbons (Fsp3) is 0.769. The van der Waals surface area contributed by atoms with Gasteiger partial charge in [0.25, 0.3) is 0 Å². The van der Waals surface area contributed by atoms with Gasteiger partial charge in [0.05, 0.1) is 13.2 Å². The van der Waals surface area contributed by atoms with Gasteiger partial charge in [-0.1, -0.05) is 0 Å². The van der Waals surface area contributed by atoms with Gasteiger partial charge in [0.1, 0.15) is 13.0 Å².